The largest absolute Gasteiger partial charge is 0.329 e. The SMILES string of the molecule is C[C@@H](CN)NCc1ccc(Br)cc1F. The highest BCUT2D eigenvalue weighted by Crippen LogP contribution is 2.14. The number of benzene rings is 1. The van der Waals surface area contributed by atoms with Crippen molar-refractivity contribution in [1.82, 2.24) is 5.32 Å². The Kier molecular flexibility index (Phi) is 4.51. The average molecular weight is 261 g/mol. The summed E-state index contributed by atoms with van der Waals surface area (Å²) < 4.78 is 14.1. The average Bonchev–Trinajstić information content (AvgIpc) is 2.16. The molecule has 0 heterocycles. The molecular formula is C10H14BrFN2. The van der Waals surface area contributed by atoms with Crippen LogP contribution in [0.25, 0.3) is 0 Å². The molecule has 1 rings (SSSR count). The quantitative estimate of drug-likeness (QED) is 0.870. The second-order valence-electron chi connectivity index (χ2n) is 3.25. The molecule has 4 heteroatoms. The summed E-state index contributed by atoms with van der Waals surface area (Å²) in [6.07, 6.45) is 0. The first-order chi connectivity index (χ1) is 6.63. The summed E-state index contributed by atoms with van der Waals surface area (Å²) in [7, 11) is 0. The van der Waals surface area contributed by atoms with Gasteiger partial charge < -0.3 is 11.1 Å². The van der Waals surface area contributed by atoms with Gasteiger partial charge in [0.1, 0.15) is 5.82 Å². The number of hydrogen-bond acceptors (Lipinski definition) is 2. The maximum absolute atomic E-state index is 13.3. The van der Waals surface area contributed by atoms with Gasteiger partial charge >= 0.3 is 0 Å². The van der Waals surface area contributed by atoms with Crippen molar-refractivity contribution in [3.8, 4) is 0 Å². The first kappa shape index (κ1) is 11.6. The number of nitrogens with two attached hydrogens (primary N) is 1. The minimum absolute atomic E-state index is 0.198. The second-order valence-corrected chi connectivity index (χ2v) is 4.17. The van der Waals surface area contributed by atoms with Crippen LogP contribution in [0.15, 0.2) is 22.7 Å². The lowest BCUT2D eigenvalue weighted by Gasteiger charge is -2.11. The topological polar surface area (TPSA) is 38.0 Å². The predicted octanol–water partition coefficient (Wildman–Crippen LogP) is 2.03. The van der Waals surface area contributed by atoms with Gasteiger partial charge in [0, 0.05) is 29.2 Å². The van der Waals surface area contributed by atoms with Gasteiger partial charge in [0.15, 0.2) is 0 Å². The summed E-state index contributed by atoms with van der Waals surface area (Å²) >= 11 is 3.21. The lowest BCUT2D eigenvalue weighted by Crippen LogP contribution is -2.32. The molecule has 0 saturated carbocycles. The lowest BCUT2D eigenvalue weighted by atomic mass is 10.2. The zero-order valence-electron chi connectivity index (χ0n) is 8.06. The molecule has 78 valence electrons. The van der Waals surface area contributed by atoms with Gasteiger partial charge in [-0.25, -0.2) is 4.39 Å². The van der Waals surface area contributed by atoms with E-state index >= 15 is 0 Å². The minimum atomic E-state index is -0.198. The Morgan fingerprint density at radius 3 is 2.86 bits per heavy atom. The highest BCUT2D eigenvalue weighted by atomic mass is 79.9. The van der Waals surface area contributed by atoms with Crippen molar-refractivity contribution in [3.63, 3.8) is 0 Å². The first-order valence-electron chi connectivity index (χ1n) is 4.51. The maximum Gasteiger partial charge on any atom is 0.128 e. The fourth-order valence-corrected chi connectivity index (χ4v) is 1.37. The van der Waals surface area contributed by atoms with Gasteiger partial charge in [0.2, 0.25) is 0 Å². The second kappa shape index (κ2) is 5.44. The molecule has 0 fully saturated rings. The summed E-state index contributed by atoms with van der Waals surface area (Å²) in [5.41, 5.74) is 6.10. The van der Waals surface area contributed by atoms with Gasteiger partial charge in [0.05, 0.1) is 0 Å². The monoisotopic (exact) mass is 260 g/mol. The van der Waals surface area contributed by atoms with E-state index < -0.39 is 0 Å². The van der Waals surface area contributed by atoms with Crippen molar-refractivity contribution in [1.29, 1.82) is 0 Å². The number of nitrogens with one attached hydrogen (secondary N) is 1. The Morgan fingerprint density at radius 2 is 2.29 bits per heavy atom. The molecule has 1 atom stereocenters. The van der Waals surface area contributed by atoms with Crippen LogP contribution in [-0.2, 0) is 6.54 Å². The van der Waals surface area contributed by atoms with E-state index in [0.29, 0.717) is 18.7 Å². The smallest absolute Gasteiger partial charge is 0.128 e. The standard InChI is InChI=1S/C10H14BrFN2/c1-7(5-13)14-6-8-2-3-9(11)4-10(8)12/h2-4,7,14H,5-6,13H2,1H3/t7-/m0/s1. The third-order valence-corrected chi connectivity index (χ3v) is 2.50. The number of rotatable bonds is 4. The van der Waals surface area contributed by atoms with Crippen LogP contribution in [0.3, 0.4) is 0 Å². The number of hydrogen-bond donors (Lipinski definition) is 2. The fraction of sp³-hybridized carbons (Fsp3) is 0.400. The summed E-state index contributed by atoms with van der Waals surface area (Å²) in [6, 6.07) is 5.26. The van der Waals surface area contributed by atoms with E-state index in [1.165, 1.54) is 6.07 Å². The van der Waals surface area contributed by atoms with Crippen molar-refractivity contribution < 1.29 is 4.39 Å². The summed E-state index contributed by atoms with van der Waals surface area (Å²) in [4.78, 5) is 0. The zero-order chi connectivity index (χ0) is 10.6. The van der Waals surface area contributed by atoms with Crippen molar-refractivity contribution in [2.75, 3.05) is 6.54 Å². The van der Waals surface area contributed by atoms with E-state index in [-0.39, 0.29) is 11.9 Å². The Labute approximate surface area is 91.8 Å². The highest BCUT2D eigenvalue weighted by Gasteiger charge is 2.03. The third-order valence-electron chi connectivity index (χ3n) is 2.01. The van der Waals surface area contributed by atoms with E-state index in [1.54, 1.807) is 6.07 Å². The van der Waals surface area contributed by atoms with Crippen LogP contribution in [-0.4, -0.2) is 12.6 Å². The molecule has 0 aliphatic heterocycles. The van der Waals surface area contributed by atoms with Gasteiger partial charge in [0.25, 0.3) is 0 Å². The summed E-state index contributed by atoms with van der Waals surface area (Å²) in [6.45, 7) is 3.03. The van der Waals surface area contributed by atoms with E-state index in [9.17, 15) is 4.39 Å². The molecule has 0 bridgehead atoms. The van der Waals surface area contributed by atoms with Crippen LogP contribution in [0.5, 0.6) is 0 Å². The first-order valence-corrected chi connectivity index (χ1v) is 5.30. The maximum atomic E-state index is 13.3. The molecule has 0 aliphatic rings. The predicted molar refractivity (Wildman–Crippen MR) is 59.5 cm³/mol. The van der Waals surface area contributed by atoms with Gasteiger partial charge in [-0.3, -0.25) is 0 Å². The molecule has 0 radical (unpaired) electrons. The Morgan fingerprint density at radius 1 is 1.57 bits per heavy atom. The minimum Gasteiger partial charge on any atom is -0.329 e. The molecule has 0 aromatic heterocycles. The molecule has 2 nitrogen and oxygen atoms in total. The molecule has 0 spiro atoms. The van der Waals surface area contributed by atoms with Crippen LogP contribution in [0.4, 0.5) is 4.39 Å². The zero-order valence-corrected chi connectivity index (χ0v) is 9.64. The molecular weight excluding hydrogens is 247 g/mol. The Hall–Kier alpha value is -0.450. The molecule has 0 saturated heterocycles. The van der Waals surface area contributed by atoms with E-state index in [4.69, 9.17) is 5.73 Å². The third kappa shape index (κ3) is 3.36. The summed E-state index contributed by atoms with van der Waals surface area (Å²) in [5, 5.41) is 3.13. The molecule has 0 amide bonds. The molecule has 1 aromatic carbocycles. The molecule has 1 aromatic rings. The Bertz CT molecular complexity index is 304. The Balaban J connectivity index is 2.59. The van der Waals surface area contributed by atoms with Crippen LogP contribution >= 0.6 is 15.9 Å². The van der Waals surface area contributed by atoms with Crippen molar-refractivity contribution in [3.05, 3.63) is 34.1 Å². The van der Waals surface area contributed by atoms with Crippen molar-refractivity contribution >= 4 is 15.9 Å². The number of halogens is 2. The van der Waals surface area contributed by atoms with Crippen LogP contribution in [0, 0.1) is 5.82 Å². The van der Waals surface area contributed by atoms with E-state index in [2.05, 4.69) is 21.2 Å². The summed E-state index contributed by atoms with van der Waals surface area (Å²) in [5.74, 6) is -0.198. The molecule has 0 aliphatic carbocycles. The molecule has 14 heavy (non-hydrogen) atoms. The van der Waals surface area contributed by atoms with Crippen molar-refractivity contribution in [2.24, 2.45) is 5.73 Å². The van der Waals surface area contributed by atoms with Crippen LogP contribution in [0.1, 0.15) is 12.5 Å². The van der Waals surface area contributed by atoms with E-state index in [1.807, 2.05) is 13.0 Å². The normalized spacial score (nSPS) is 12.9. The molecule has 0 unspecified atom stereocenters. The lowest BCUT2D eigenvalue weighted by molar-refractivity contribution is 0.533. The van der Waals surface area contributed by atoms with Gasteiger partial charge in [-0.05, 0) is 19.1 Å². The van der Waals surface area contributed by atoms with Crippen LogP contribution in [0.2, 0.25) is 0 Å². The van der Waals surface area contributed by atoms with Gasteiger partial charge in [-0.1, -0.05) is 22.0 Å². The van der Waals surface area contributed by atoms with Gasteiger partial charge in [-0.2, -0.15) is 0 Å². The van der Waals surface area contributed by atoms with Crippen molar-refractivity contribution in [2.45, 2.75) is 19.5 Å². The van der Waals surface area contributed by atoms with E-state index in [0.717, 1.165) is 4.47 Å². The fourth-order valence-electron chi connectivity index (χ4n) is 1.03. The molecule has 3 N–H and O–H groups in total. The van der Waals surface area contributed by atoms with Crippen LogP contribution < -0.4 is 11.1 Å². The highest BCUT2D eigenvalue weighted by molar-refractivity contribution is 9.10. The van der Waals surface area contributed by atoms with Gasteiger partial charge in [-0.15, -0.1) is 0 Å².